The van der Waals surface area contributed by atoms with Crippen LogP contribution in [0.4, 0.5) is 11.5 Å². The molecule has 0 fully saturated rings. The van der Waals surface area contributed by atoms with Gasteiger partial charge < -0.3 is 5.32 Å². The van der Waals surface area contributed by atoms with Crippen LogP contribution in [0.15, 0.2) is 6.20 Å². The fourth-order valence-corrected chi connectivity index (χ4v) is 0.903. The number of nitrogens with one attached hydrogen (secondary N) is 1. The highest BCUT2D eigenvalue weighted by Crippen LogP contribution is 2.21. The number of halogens is 1. The zero-order valence-corrected chi connectivity index (χ0v) is 7.87. The van der Waals surface area contributed by atoms with Gasteiger partial charge >= 0.3 is 5.69 Å². The molecule has 0 aliphatic carbocycles. The summed E-state index contributed by atoms with van der Waals surface area (Å²) >= 11 is 5.52. The van der Waals surface area contributed by atoms with E-state index in [1.54, 1.807) is 7.05 Å². The van der Waals surface area contributed by atoms with E-state index in [0.717, 1.165) is 0 Å². The third-order valence-electron chi connectivity index (χ3n) is 1.34. The molecule has 13 heavy (non-hydrogen) atoms. The molecule has 0 spiro atoms. The average molecular weight is 204 g/mol. The van der Waals surface area contributed by atoms with Crippen LogP contribution in [0.3, 0.4) is 0 Å². The number of rotatable bonds is 3. The minimum absolute atomic E-state index is 0.0672. The molecule has 7 heteroatoms. The first kappa shape index (κ1) is 9.66. The third-order valence-corrected chi connectivity index (χ3v) is 1.52. The molecule has 0 unspecified atom stereocenters. The highest BCUT2D eigenvalue weighted by atomic mass is 35.5. The second kappa shape index (κ2) is 3.99. The van der Waals surface area contributed by atoms with Crippen LogP contribution < -0.4 is 5.32 Å². The third kappa shape index (κ3) is 2.03. The lowest BCUT2D eigenvalue weighted by atomic mass is 10.5. The first-order chi connectivity index (χ1) is 6.19. The van der Waals surface area contributed by atoms with E-state index >= 15 is 0 Å². The van der Waals surface area contributed by atoms with Crippen molar-refractivity contribution in [1.82, 2.24) is 9.97 Å². The number of hydrogen-bond acceptors (Lipinski definition) is 5. The maximum absolute atomic E-state index is 11.0. The number of anilines is 1. The van der Waals surface area contributed by atoms with Crippen LogP contribution in [-0.4, -0.2) is 29.0 Å². The predicted molar refractivity (Wildman–Crippen MR) is 46.9 cm³/mol. The molecule has 1 heterocycles. The number of hydrogen-bond donors (Lipinski definition) is 1. The Morgan fingerprint density at radius 1 is 1.69 bits per heavy atom. The summed E-state index contributed by atoms with van der Waals surface area (Å²) in [7, 11) is 2.87. The number of aromatic nitrogens is 2. The largest absolute Gasteiger partial charge is 0.376 e. The Kier molecular flexibility index (Phi) is 2.97. The van der Waals surface area contributed by atoms with Gasteiger partial charge in [-0.2, -0.15) is 4.98 Å². The topological polar surface area (TPSA) is 67.1 Å². The summed E-state index contributed by atoms with van der Waals surface area (Å²) in [4.78, 5) is 23.2. The molecule has 70 valence electrons. The monoisotopic (exact) mass is 203 g/mol. The molecule has 0 saturated carbocycles. The van der Waals surface area contributed by atoms with Crippen LogP contribution in [0, 0.1) is 4.91 Å². The van der Waals surface area contributed by atoms with Gasteiger partial charge in [0.1, 0.15) is 6.20 Å². The van der Waals surface area contributed by atoms with Gasteiger partial charge in [0.15, 0.2) is 7.11 Å². The zero-order chi connectivity index (χ0) is 9.84. The van der Waals surface area contributed by atoms with Crippen LogP contribution in [0.5, 0.6) is 0 Å². The molecule has 0 amide bonds. The van der Waals surface area contributed by atoms with E-state index < -0.39 is 0 Å². The molecule has 1 N–H and O–H groups in total. The van der Waals surface area contributed by atoms with Crippen molar-refractivity contribution in [1.29, 1.82) is 0 Å². The average Bonchev–Trinajstić information content (AvgIpc) is 2.16. The lowest BCUT2D eigenvalue weighted by molar-refractivity contribution is -0.736. The fourth-order valence-electron chi connectivity index (χ4n) is 0.770. The van der Waals surface area contributed by atoms with Gasteiger partial charge in [-0.1, -0.05) is 0 Å². The van der Waals surface area contributed by atoms with Crippen molar-refractivity contribution in [3.63, 3.8) is 0 Å². The predicted octanol–water partition coefficient (Wildman–Crippen LogP) is 1.14. The van der Waals surface area contributed by atoms with E-state index in [9.17, 15) is 4.91 Å². The molecule has 0 aromatic carbocycles. The molecule has 0 saturated heterocycles. The summed E-state index contributed by atoms with van der Waals surface area (Å²) in [6, 6.07) is 0. The van der Waals surface area contributed by atoms with E-state index in [4.69, 9.17) is 11.6 Å². The molecule has 6 nitrogen and oxygen atoms in total. The van der Waals surface area contributed by atoms with Crippen molar-refractivity contribution < 1.29 is 9.76 Å². The van der Waals surface area contributed by atoms with Gasteiger partial charge in [0.2, 0.25) is 11.1 Å². The smallest absolute Gasteiger partial charge is 0.367 e. The van der Waals surface area contributed by atoms with Gasteiger partial charge in [0.05, 0.1) is 4.91 Å². The molecular weight excluding hydrogens is 196 g/mol. The van der Waals surface area contributed by atoms with Crippen molar-refractivity contribution in [2.45, 2.75) is 0 Å². The highest BCUT2D eigenvalue weighted by Gasteiger charge is 2.22. The van der Waals surface area contributed by atoms with Crippen LogP contribution in [0.2, 0.25) is 5.28 Å². The SMILES string of the molecule is CNc1nc(Cl)ncc1[N+](=O)OC. The van der Waals surface area contributed by atoms with E-state index in [2.05, 4.69) is 20.1 Å². The normalized spacial score (nSPS) is 9.46. The van der Waals surface area contributed by atoms with Crippen LogP contribution >= 0.6 is 11.6 Å². The van der Waals surface area contributed by atoms with Crippen molar-refractivity contribution in [3.05, 3.63) is 16.4 Å². The number of nitrogens with zero attached hydrogens (tertiary/aromatic N) is 3. The van der Waals surface area contributed by atoms with Crippen LogP contribution in [0.25, 0.3) is 0 Å². The van der Waals surface area contributed by atoms with Gasteiger partial charge in [-0.05, 0) is 11.6 Å². The molecule has 1 aromatic heterocycles. The molecule has 0 aliphatic heterocycles. The first-order valence-corrected chi connectivity index (χ1v) is 3.78. The van der Waals surface area contributed by atoms with E-state index in [1.165, 1.54) is 13.3 Å². The lowest BCUT2D eigenvalue weighted by Crippen LogP contribution is -2.04. The molecule has 0 atom stereocenters. The molecule has 1 aromatic rings. The lowest BCUT2D eigenvalue weighted by Gasteiger charge is -1.97. The van der Waals surface area contributed by atoms with Crippen LogP contribution in [0.1, 0.15) is 0 Å². The molecule has 1 rings (SSSR count). The molecule has 0 aliphatic rings. The summed E-state index contributed by atoms with van der Waals surface area (Å²) in [6.07, 6.45) is 1.28. The fraction of sp³-hybridized carbons (Fsp3) is 0.333. The second-order valence-corrected chi connectivity index (χ2v) is 2.40. The molecular formula is C6H8ClN4O2+. The minimum atomic E-state index is 0.0672. The minimum Gasteiger partial charge on any atom is -0.367 e. The summed E-state index contributed by atoms with van der Waals surface area (Å²) in [6.45, 7) is 0. The Labute approximate surface area is 79.4 Å². The van der Waals surface area contributed by atoms with Gasteiger partial charge in [-0.3, -0.25) is 0 Å². The van der Waals surface area contributed by atoms with Crippen molar-refractivity contribution in [3.8, 4) is 0 Å². The second-order valence-electron chi connectivity index (χ2n) is 2.06. The molecule has 0 radical (unpaired) electrons. The summed E-state index contributed by atoms with van der Waals surface area (Å²) in [5, 5.41) is 2.76. The Bertz CT molecular complexity index is 330. The Morgan fingerprint density at radius 3 is 2.92 bits per heavy atom. The zero-order valence-electron chi connectivity index (χ0n) is 7.11. The highest BCUT2D eigenvalue weighted by molar-refractivity contribution is 6.28. The first-order valence-electron chi connectivity index (χ1n) is 3.40. The van der Waals surface area contributed by atoms with Gasteiger partial charge in [0, 0.05) is 7.05 Å². The standard InChI is InChI=1S/C6H8ClN4O2/c1-8-5-4(11(12)13-2)3-9-6(7)10-5/h3H,1-2H3,(H,8,9,10)/q+1. The van der Waals surface area contributed by atoms with E-state index in [0.29, 0.717) is 10.7 Å². The van der Waals surface area contributed by atoms with Gasteiger partial charge in [-0.25, -0.2) is 9.82 Å². The Morgan fingerprint density at radius 2 is 2.38 bits per heavy atom. The maximum atomic E-state index is 11.0. The summed E-state index contributed by atoms with van der Waals surface area (Å²) in [5.74, 6) is 0.317. The van der Waals surface area contributed by atoms with E-state index in [-0.39, 0.29) is 11.0 Å². The quantitative estimate of drug-likeness (QED) is 0.590. The van der Waals surface area contributed by atoms with E-state index in [1.807, 2.05) is 0 Å². The van der Waals surface area contributed by atoms with Crippen molar-refractivity contribution in [2.24, 2.45) is 0 Å². The van der Waals surface area contributed by atoms with Gasteiger partial charge in [-0.15, -0.1) is 0 Å². The molecule has 0 bridgehead atoms. The van der Waals surface area contributed by atoms with Crippen molar-refractivity contribution in [2.75, 3.05) is 19.5 Å². The maximum Gasteiger partial charge on any atom is 0.376 e. The summed E-state index contributed by atoms with van der Waals surface area (Å²) in [5.41, 5.74) is 0.175. The summed E-state index contributed by atoms with van der Waals surface area (Å²) < 4.78 is 0. The Hall–Kier alpha value is -1.43. The van der Waals surface area contributed by atoms with Crippen molar-refractivity contribution >= 4 is 23.1 Å². The van der Waals surface area contributed by atoms with Crippen LogP contribution in [-0.2, 0) is 4.84 Å². The van der Waals surface area contributed by atoms with Gasteiger partial charge in [0.25, 0.3) is 4.92 Å². The Balaban J connectivity index is 3.13.